The molecule has 1 heterocycles. The summed E-state index contributed by atoms with van der Waals surface area (Å²) in [4.78, 5) is 4.14. The number of hydrogen-bond acceptors (Lipinski definition) is 3. The topological polar surface area (TPSA) is 50.9 Å². The van der Waals surface area contributed by atoms with Gasteiger partial charge in [0.25, 0.3) is 0 Å². The van der Waals surface area contributed by atoms with Gasteiger partial charge in [-0.3, -0.25) is 0 Å². The summed E-state index contributed by atoms with van der Waals surface area (Å²) in [6, 6.07) is 6.55. The van der Waals surface area contributed by atoms with Gasteiger partial charge >= 0.3 is 0 Å². The molecule has 3 nitrogen and oxygen atoms in total. The second kappa shape index (κ2) is 4.41. The first-order valence-corrected chi connectivity index (χ1v) is 5.31. The van der Waals surface area contributed by atoms with Gasteiger partial charge in [0.05, 0.1) is 5.69 Å². The minimum atomic E-state index is -0.279. The second-order valence-electron chi connectivity index (χ2n) is 4.03. The van der Waals surface area contributed by atoms with Gasteiger partial charge in [-0.25, -0.2) is 9.37 Å². The van der Waals surface area contributed by atoms with Gasteiger partial charge in [0.15, 0.2) is 5.82 Å². The summed E-state index contributed by atoms with van der Waals surface area (Å²) in [6.07, 6.45) is 1.67. The van der Waals surface area contributed by atoms with Crippen molar-refractivity contribution in [3.63, 3.8) is 0 Å². The predicted octanol–water partition coefficient (Wildman–Crippen LogP) is 3.16. The van der Waals surface area contributed by atoms with Gasteiger partial charge in [0.2, 0.25) is 0 Å². The van der Waals surface area contributed by atoms with Crippen LogP contribution in [0.1, 0.15) is 11.1 Å². The Hall–Kier alpha value is -2.10. The molecule has 0 saturated carbocycles. The van der Waals surface area contributed by atoms with Crippen molar-refractivity contribution in [1.29, 1.82) is 0 Å². The van der Waals surface area contributed by atoms with Crippen LogP contribution in [-0.2, 0) is 0 Å². The van der Waals surface area contributed by atoms with Crippen molar-refractivity contribution in [2.75, 3.05) is 11.1 Å². The molecule has 1 aromatic heterocycles. The number of benzene rings is 1. The van der Waals surface area contributed by atoms with Crippen molar-refractivity contribution in [2.24, 2.45) is 0 Å². The molecular weight excluding hydrogens is 217 g/mol. The van der Waals surface area contributed by atoms with Crippen LogP contribution in [0, 0.1) is 19.7 Å². The Bertz CT molecular complexity index is 532. The lowest BCUT2D eigenvalue weighted by molar-refractivity contribution is 0.627. The minimum Gasteiger partial charge on any atom is -0.396 e. The number of nitrogens with one attached hydrogen (secondary N) is 1. The van der Waals surface area contributed by atoms with E-state index in [2.05, 4.69) is 10.3 Å². The summed E-state index contributed by atoms with van der Waals surface area (Å²) >= 11 is 0. The third-order valence-corrected chi connectivity index (χ3v) is 2.51. The third-order valence-electron chi connectivity index (χ3n) is 2.51. The van der Waals surface area contributed by atoms with Crippen LogP contribution in [0.3, 0.4) is 0 Å². The van der Waals surface area contributed by atoms with Gasteiger partial charge in [-0.1, -0.05) is 0 Å². The van der Waals surface area contributed by atoms with E-state index in [0.717, 1.165) is 11.1 Å². The number of aromatic nitrogens is 1. The first-order valence-electron chi connectivity index (χ1n) is 5.31. The van der Waals surface area contributed by atoms with Crippen LogP contribution in [0.15, 0.2) is 30.5 Å². The number of aryl methyl sites for hydroxylation is 2. The molecule has 0 aliphatic rings. The number of nitrogens with two attached hydrogens (primary N) is 1. The molecule has 0 bridgehead atoms. The minimum absolute atomic E-state index is 0.279. The molecule has 0 fully saturated rings. The number of halogens is 1. The fourth-order valence-electron chi connectivity index (χ4n) is 1.61. The molecular formula is C13H14FN3. The molecule has 2 rings (SSSR count). The molecule has 0 radical (unpaired) electrons. The molecule has 2 aromatic rings. The Morgan fingerprint density at radius 1 is 1.24 bits per heavy atom. The van der Waals surface area contributed by atoms with E-state index in [1.165, 1.54) is 12.1 Å². The number of nitrogens with zero attached hydrogens (tertiary/aromatic N) is 1. The highest BCUT2D eigenvalue weighted by Gasteiger charge is 2.04. The maximum Gasteiger partial charge on any atom is 0.153 e. The van der Waals surface area contributed by atoms with Gasteiger partial charge in [-0.05, 0) is 49.2 Å². The predicted molar refractivity (Wildman–Crippen MR) is 67.8 cm³/mol. The van der Waals surface area contributed by atoms with Crippen LogP contribution in [-0.4, -0.2) is 4.98 Å². The van der Waals surface area contributed by atoms with Crippen molar-refractivity contribution in [1.82, 2.24) is 4.98 Å². The summed E-state index contributed by atoms with van der Waals surface area (Å²) in [5.74, 6) is 0.272. The number of anilines is 3. The molecule has 17 heavy (non-hydrogen) atoms. The quantitative estimate of drug-likeness (QED) is 0.834. The van der Waals surface area contributed by atoms with E-state index in [-0.39, 0.29) is 5.82 Å². The van der Waals surface area contributed by atoms with E-state index < -0.39 is 0 Å². The summed E-state index contributed by atoms with van der Waals surface area (Å²) in [7, 11) is 0. The molecule has 0 spiro atoms. The zero-order valence-electron chi connectivity index (χ0n) is 9.79. The molecule has 4 heteroatoms. The van der Waals surface area contributed by atoms with Crippen molar-refractivity contribution in [2.45, 2.75) is 13.8 Å². The van der Waals surface area contributed by atoms with E-state index in [0.29, 0.717) is 17.2 Å². The van der Waals surface area contributed by atoms with Gasteiger partial charge in [0.1, 0.15) is 5.82 Å². The van der Waals surface area contributed by atoms with Crippen LogP contribution < -0.4 is 11.1 Å². The summed E-state index contributed by atoms with van der Waals surface area (Å²) in [5, 5.41) is 3.02. The Kier molecular flexibility index (Phi) is 2.95. The average molecular weight is 231 g/mol. The maximum atomic E-state index is 13.2. The molecule has 88 valence electrons. The molecule has 0 saturated heterocycles. The highest BCUT2D eigenvalue weighted by molar-refractivity contribution is 5.71. The Labute approximate surface area is 99.5 Å². The number of pyridine rings is 1. The average Bonchev–Trinajstić information content (AvgIpc) is 2.23. The SMILES string of the molecule is Cc1cc(F)cc(Nc2nccc(C)c2N)c1. The van der Waals surface area contributed by atoms with Crippen LogP contribution in [0.25, 0.3) is 0 Å². The van der Waals surface area contributed by atoms with Gasteiger partial charge in [0, 0.05) is 11.9 Å². The van der Waals surface area contributed by atoms with E-state index in [1.807, 2.05) is 26.0 Å². The van der Waals surface area contributed by atoms with E-state index in [1.54, 1.807) is 6.20 Å². The van der Waals surface area contributed by atoms with E-state index >= 15 is 0 Å². The molecule has 1 aromatic carbocycles. The smallest absolute Gasteiger partial charge is 0.153 e. The number of hydrogen-bond donors (Lipinski definition) is 2. The van der Waals surface area contributed by atoms with E-state index in [9.17, 15) is 4.39 Å². The second-order valence-corrected chi connectivity index (χ2v) is 4.03. The first kappa shape index (κ1) is 11.4. The van der Waals surface area contributed by atoms with Crippen molar-refractivity contribution in [3.05, 3.63) is 47.4 Å². The lowest BCUT2D eigenvalue weighted by Crippen LogP contribution is -2.01. The third kappa shape index (κ3) is 2.53. The van der Waals surface area contributed by atoms with Crippen LogP contribution in [0.4, 0.5) is 21.6 Å². The molecule has 0 amide bonds. The maximum absolute atomic E-state index is 13.2. The Balaban J connectivity index is 2.34. The molecule has 0 unspecified atom stereocenters. The zero-order valence-corrected chi connectivity index (χ0v) is 9.79. The number of nitrogen functional groups attached to an aromatic ring is 1. The van der Waals surface area contributed by atoms with Crippen LogP contribution in [0.2, 0.25) is 0 Å². The van der Waals surface area contributed by atoms with E-state index in [4.69, 9.17) is 5.73 Å². The Morgan fingerprint density at radius 3 is 2.71 bits per heavy atom. The fraction of sp³-hybridized carbons (Fsp3) is 0.154. The molecule has 0 aliphatic heterocycles. The summed E-state index contributed by atoms with van der Waals surface area (Å²) < 4.78 is 13.2. The van der Waals surface area contributed by atoms with Crippen molar-refractivity contribution >= 4 is 17.2 Å². The monoisotopic (exact) mass is 231 g/mol. The highest BCUT2D eigenvalue weighted by Crippen LogP contribution is 2.24. The first-order chi connectivity index (χ1) is 8.06. The normalized spacial score (nSPS) is 10.3. The highest BCUT2D eigenvalue weighted by atomic mass is 19.1. The van der Waals surface area contributed by atoms with Crippen molar-refractivity contribution < 1.29 is 4.39 Å². The van der Waals surface area contributed by atoms with Gasteiger partial charge in [-0.15, -0.1) is 0 Å². The summed E-state index contributed by atoms with van der Waals surface area (Å²) in [6.45, 7) is 3.74. The number of rotatable bonds is 2. The Morgan fingerprint density at radius 2 is 2.00 bits per heavy atom. The zero-order chi connectivity index (χ0) is 12.4. The summed E-state index contributed by atoms with van der Waals surface area (Å²) in [5.41, 5.74) is 8.90. The fourth-order valence-corrected chi connectivity index (χ4v) is 1.61. The molecule has 0 atom stereocenters. The molecule has 0 aliphatic carbocycles. The van der Waals surface area contributed by atoms with Gasteiger partial charge in [-0.2, -0.15) is 0 Å². The standard InChI is InChI=1S/C13H14FN3/c1-8-5-10(14)7-11(6-8)17-13-12(15)9(2)3-4-16-13/h3-7H,15H2,1-2H3,(H,16,17). The van der Waals surface area contributed by atoms with Crippen molar-refractivity contribution in [3.8, 4) is 0 Å². The van der Waals surface area contributed by atoms with Gasteiger partial charge < -0.3 is 11.1 Å². The van der Waals surface area contributed by atoms with Crippen LogP contribution >= 0.6 is 0 Å². The molecule has 3 N–H and O–H groups in total. The van der Waals surface area contributed by atoms with Crippen LogP contribution in [0.5, 0.6) is 0 Å². The lowest BCUT2D eigenvalue weighted by Gasteiger charge is -2.10. The largest absolute Gasteiger partial charge is 0.396 e. The lowest BCUT2D eigenvalue weighted by atomic mass is 10.2.